The highest BCUT2D eigenvalue weighted by molar-refractivity contribution is 9.09. The molecule has 4 heteroatoms. The third-order valence-electron chi connectivity index (χ3n) is 5.02. The maximum atomic E-state index is 3.84. The molecule has 0 aliphatic carbocycles. The van der Waals surface area contributed by atoms with Crippen LogP contribution in [0.5, 0.6) is 0 Å². The second-order valence-electron chi connectivity index (χ2n) is 6.42. The molecule has 2 nitrogen and oxygen atoms in total. The molecule has 25 heavy (non-hydrogen) atoms. The number of fused-ring (bicyclic) bond motifs is 7. The van der Waals surface area contributed by atoms with Crippen LogP contribution in [0.1, 0.15) is 16.8 Å². The molecule has 2 N–H and O–H groups in total. The van der Waals surface area contributed by atoms with Gasteiger partial charge in [-0.05, 0) is 18.1 Å². The summed E-state index contributed by atoms with van der Waals surface area (Å²) < 4.78 is 0. The molecule has 0 bridgehead atoms. The van der Waals surface area contributed by atoms with Gasteiger partial charge in [-0.3, -0.25) is 0 Å². The number of aromatic nitrogens is 2. The summed E-state index contributed by atoms with van der Waals surface area (Å²) >= 11 is 7.40. The lowest BCUT2D eigenvalue weighted by Crippen LogP contribution is -1.92. The van der Waals surface area contributed by atoms with Gasteiger partial charge in [0.05, 0.1) is 16.6 Å². The molecule has 0 saturated heterocycles. The molecule has 124 valence electrons. The fourth-order valence-corrected chi connectivity index (χ4v) is 5.53. The molecule has 0 amide bonds. The number of hydrogen-bond acceptors (Lipinski definition) is 0. The number of H-pyrrole nitrogens is 2. The number of alkyl halides is 2. The van der Waals surface area contributed by atoms with Crippen molar-refractivity contribution in [2.45, 2.75) is 11.2 Å². The van der Waals surface area contributed by atoms with Crippen LogP contribution in [0.15, 0.2) is 54.6 Å². The molecule has 0 radical (unpaired) electrons. The Labute approximate surface area is 161 Å². The van der Waals surface area contributed by atoms with Gasteiger partial charge >= 0.3 is 0 Å². The van der Waals surface area contributed by atoms with Gasteiger partial charge < -0.3 is 9.97 Å². The molecular formula is C21H16Br2N2. The van der Waals surface area contributed by atoms with Crippen LogP contribution in [0.4, 0.5) is 0 Å². The lowest BCUT2D eigenvalue weighted by Gasteiger charge is -2.09. The summed E-state index contributed by atoms with van der Waals surface area (Å²) in [5, 5.41) is 6.08. The number of halogens is 2. The topological polar surface area (TPSA) is 31.6 Å². The molecule has 2 heterocycles. The summed E-state index contributed by atoms with van der Waals surface area (Å²) in [6.45, 7) is 0. The number of rotatable bonds is 3. The fourth-order valence-electron chi connectivity index (χ4n) is 3.84. The van der Waals surface area contributed by atoms with E-state index in [2.05, 4.69) is 96.4 Å². The second-order valence-corrected chi connectivity index (χ2v) is 8.32. The van der Waals surface area contributed by atoms with Gasteiger partial charge in [-0.25, -0.2) is 0 Å². The summed E-state index contributed by atoms with van der Waals surface area (Å²) in [4.78, 5) is 7.65. The van der Waals surface area contributed by atoms with E-state index in [1.165, 1.54) is 49.2 Å². The molecular weight excluding hydrogens is 440 g/mol. The van der Waals surface area contributed by atoms with Crippen LogP contribution >= 0.6 is 31.9 Å². The largest absolute Gasteiger partial charge is 0.353 e. The SMILES string of the molecule is BrCCC(Br)c1cccc2c1[nH]c1c2ccc2c3ccccc3[nH]c21. The molecule has 0 saturated carbocycles. The van der Waals surface area contributed by atoms with E-state index >= 15 is 0 Å². The minimum Gasteiger partial charge on any atom is -0.353 e. The summed E-state index contributed by atoms with van der Waals surface area (Å²) in [5.41, 5.74) is 6.10. The smallest absolute Gasteiger partial charge is 0.0710 e. The van der Waals surface area contributed by atoms with Crippen molar-refractivity contribution in [3.05, 3.63) is 60.2 Å². The molecule has 5 aromatic rings. The first-order valence-electron chi connectivity index (χ1n) is 8.41. The Balaban J connectivity index is 1.89. The third kappa shape index (κ3) is 2.27. The molecule has 0 fully saturated rings. The van der Waals surface area contributed by atoms with Gasteiger partial charge in [-0.2, -0.15) is 0 Å². The van der Waals surface area contributed by atoms with Crippen LogP contribution in [0.3, 0.4) is 0 Å². The summed E-state index contributed by atoms with van der Waals surface area (Å²) in [6.07, 6.45) is 1.05. The summed E-state index contributed by atoms with van der Waals surface area (Å²) in [7, 11) is 0. The zero-order chi connectivity index (χ0) is 17.0. The van der Waals surface area contributed by atoms with E-state index in [1.54, 1.807) is 0 Å². The zero-order valence-electron chi connectivity index (χ0n) is 13.4. The number of benzene rings is 3. The quantitative estimate of drug-likeness (QED) is 0.270. The molecule has 3 aromatic carbocycles. The van der Waals surface area contributed by atoms with Crippen molar-refractivity contribution in [2.75, 3.05) is 5.33 Å². The van der Waals surface area contributed by atoms with E-state index in [1.807, 2.05) is 0 Å². The van der Waals surface area contributed by atoms with Crippen LogP contribution in [0.2, 0.25) is 0 Å². The van der Waals surface area contributed by atoms with Gasteiger partial charge in [0, 0.05) is 37.2 Å². The standard InChI is InChI=1S/C21H16Br2N2/c22-11-10-17(23)16-6-3-5-13-15-9-8-14-12-4-1-2-7-18(12)24-20(14)21(15)25-19(13)16/h1-9,17,24-25H,10-11H2. The first kappa shape index (κ1) is 15.5. The minimum absolute atomic E-state index is 0.335. The van der Waals surface area contributed by atoms with Gasteiger partial charge in [0.2, 0.25) is 0 Å². The normalized spacial score (nSPS) is 13.4. The van der Waals surface area contributed by atoms with Crippen LogP contribution in [0, 0.1) is 0 Å². The zero-order valence-corrected chi connectivity index (χ0v) is 16.6. The van der Waals surface area contributed by atoms with Crippen molar-refractivity contribution in [3.8, 4) is 0 Å². The van der Waals surface area contributed by atoms with E-state index < -0.39 is 0 Å². The maximum Gasteiger partial charge on any atom is 0.0710 e. The Kier molecular flexibility index (Phi) is 3.64. The average Bonchev–Trinajstić information content (AvgIpc) is 3.19. The number of aromatic amines is 2. The van der Waals surface area contributed by atoms with E-state index in [9.17, 15) is 0 Å². The van der Waals surface area contributed by atoms with Gasteiger partial charge in [-0.15, -0.1) is 0 Å². The van der Waals surface area contributed by atoms with E-state index in [0.717, 1.165) is 11.8 Å². The summed E-state index contributed by atoms with van der Waals surface area (Å²) in [5.74, 6) is 0. The highest BCUT2D eigenvalue weighted by atomic mass is 79.9. The lowest BCUT2D eigenvalue weighted by molar-refractivity contribution is 0.934. The minimum atomic E-state index is 0.335. The molecule has 1 atom stereocenters. The molecule has 5 rings (SSSR count). The van der Waals surface area contributed by atoms with E-state index in [-0.39, 0.29) is 0 Å². The summed E-state index contributed by atoms with van der Waals surface area (Å²) in [6, 6.07) is 19.5. The molecule has 0 spiro atoms. The number of hydrogen-bond donors (Lipinski definition) is 2. The Morgan fingerprint density at radius 2 is 1.40 bits per heavy atom. The Morgan fingerprint density at radius 3 is 2.24 bits per heavy atom. The average molecular weight is 456 g/mol. The molecule has 2 aromatic heterocycles. The van der Waals surface area contributed by atoms with Crippen molar-refractivity contribution >= 4 is 75.5 Å². The van der Waals surface area contributed by atoms with Gasteiger partial charge in [0.15, 0.2) is 0 Å². The van der Waals surface area contributed by atoms with Gasteiger partial charge in [-0.1, -0.05) is 80.4 Å². The Morgan fingerprint density at radius 1 is 0.720 bits per heavy atom. The molecule has 0 aliphatic heterocycles. The van der Waals surface area contributed by atoms with Crippen molar-refractivity contribution in [1.29, 1.82) is 0 Å². The fraction of sp³-hybridized carbons (Fsp3) is 0.143. The van der Waals surface area contributed by atoms with Crippen LogP contribution in [-0.2, 0) is 0 Å². The Bertz CT molecular complexity index is 1230. The highest BCUT2D eigenvalue weighted by Crippen LogP contribution is 2.38. The monoisotopic (exact) mass is 454 g/mol. The first-order chi connectivity index (χ1) is 12.3. The van der Waals surface area contributed by atoms with Crippen LogP contribution in [-0.4, -0.2) is 15.3 Å². The van der Waals surface area contributed by atoms with Crippen molar-refractivity contribution in [2.24, 2.45) is 0 Å². The van der Waals surface area contributed by atoms with E-state index in [4.69, 9.17) is 0 Å². The van der Waals surface area contributed by atoms with Gasteiger partial charge in [0.1, 0.15) is 0 Å². The molecule has 1 unspecified atom stereocenters. The third-order valence-corrected chi connectivity index (χ3v) is 6.43. The Hall–Kier alpha value is -1.78. The maximum absolute atomic E-state index is 3.84. The van der Waals surface area contributed by atoms with Crippen molar-refractivity contribution < 1.29 is 0 Å². The number of nitrogens with one attached hydrogen (secondary N) is 2. The highest BCUT2D eigenvalue weighted by Gasteiger charge is 2.16. The molecule has 0 aliphatic rings. The van der Waals surface area contributed by atoms with Crippen molar-refractivity contribution in [1.82, 2.24) is 9.97 Å². The van der Waals surface area contributed by atoms with Crippen LogP contribution < -0.4 is 0 Å². The number of para-hydroxylation sites is 2. The van der Waals surface area contributed by atoms with Crippen LogP contribution in [0.25, 0.3) is 43.6 Å². The predicted octanol–water partition coefficient (Wildman–Crippen LogP) is 7.18. The first-order valence-corrected chi connectivity index (χ1v) is 10.5. The van der Waals surface area contributed by atoms with E-state index in [0.29, 0.717) is 4.83 Å². The second kappa shape index (κ2) is 5.89. The lowest BCUT2D eigenvalue weighted by atomic mass is 10.0. The van der Waals surface area contributed by atoms with Crippen molar-refractivity contribution in [3.63, 3.8) is 0 Å². The van der Waals surface area contributed by atoms with Gasteiger partial charge in [0.25, 0.3) is 0 Å². The predicted molar refractivity (Wildman–Crippen MR) is 115 cm³/mol.